The molecule has 0 fully saturated rings. The van der Waals surface area contributed by atoms with E-state index >= 15 is 0 Å². The summed E-state index contributed by atoms with van der Waals surface area (Å²) >= 11 is 1.20. The van der Waals surface area contributed by atoms with E-state index in [2.05, 4.69) is 15.5 Å². The summed E-state index contributed by atoms with van der Waals surface area (Å²) < 4.78 is 44.3. The zero-order valence-electron chi connectivity index (χ0n) is 13.4. The Hall–Kier alpha value is -2.07. The number of ether oxygens (including phenoxy) is 1. The van der Waals surface area contributed by atoms with Gasteiger partial charge in [0, 0.05) is 25.9 Å². The van der Waals surface area contributed by atoms with Crippen LogP contribution in [0.3, 0.4) is 0 Å². The molecule has 25 heavy (non-hydrogen) atoms. The quantitative estimate of drug-likeness (QED) is 0.568. The minimum absolute atomic E-state index is 0.0734. The van der Waals surface area contributed by atoms with E-state index in [-0.39, 0.29) is 11.7 Å². The van der Waals surface area contributed by atoms with E-state index in [1.165, 1.54) is 23.9 Å². The molecule has 0 saturated carbocycles. The molecule has 10 heteroatoms. The van der Waals surface area contributed by atoms with Crippen LogP contribution >= 0.6 is 11.8 Å². The molecule has 2 rings (SSSR count). The summed E-state index contributed by atoms with van der Waals surface area (Å²) in [7, 11) is 1.62. The van der Waals surface area contributed by atoms with E-state index in [9.17, 15) is 18.0 Å². The van der Waals surface area contributed by atoms with Gasteiger partial charge in [-0.3, -0.25) is 4.79 Å². The first-order valence-corrected chi connectivity index (χ1v) is 8.35. The SMILES string of the molecule is COCCCn1cnnc1SCC(=O)Nc1ccc(C(F)(F)F)cc1. The van der Waals surface area contributed by atoms with Crippen molar-refractivity contribution in [1.29, 1.82) is 0 Å². The first-order chi connectivity index (χ1) is 11.9. The maximum Gasteiger partial charge on any atom is 0.416 e. The van der Waals surface area contributed by atoms with Crippen LogP contribution in [0.25, 0.3) is 0 Å². The van der Waals surface area contributed by atoms with Gasteiger partial charge in [-0.2, -0.15) is 13.2 Å². The second-order valence-corrected chi connectivity index (χ2v) is 6.01. The monoisotopic (exact) mass is 374 g/mol. The van der Waals surface area contributed by atoms with Gasteiger partial charge in [-0.25, -0.2) is 0 Å². The normalized spacial score (nSPS) is 11.5. The van der Waals surface area contributed by atoms with Gasteiger partial charge in [-0.1, -0.05) is 11.8 Å². The fraction of sp³-hybridized carbons (Fsp3) is 0.400. The third-order valence-corrected chi connectivity index (χ3v) is 4.14. The van der Waals surface area contributed by atoms with Crippen LogP contribution in [0.2, 0.25) is 0 Å². The van der Waals surface area contributed by atoms with Gasteiger partial charge < -0.3 is 14.6 Å². The van der Waals surface area contributed by atoms with Crippen LogP contribution in [0.5, 0.6) is 0 Å². The van der Waals surface area contributed by atoms with Gasteiger partial charge in [0.2, 0.25) is 5.91 Å². The highest BCUT2D eigenvalue weighted by atomic mass is 32.2. The molecule has 0 unspecified atom stereocenters. The molecule has 1 N–H and O–H groups in total. The lowest BCUT2D eigenvalue weighted by Crippen LogP contribution is -2.15. The third-order valence-electron chi connectivity index (χ3n) is 3.16. The Kier molecular flexibility index (Phi) is 6.82. The van der Waals surface area contributed by atoms with Gasteiger partial charge in [-0.15, -0.1) is 10.2 Å². The first-order valence-electron chi connectivity index (χ1n) is 7.37. The molecule has 1 heterocycles. The molecule has 6 nitrogen and oxygen atoms in total. The standard InChI is InChI=1S/C15H17F3N4O2S/c1-24-8-2-7-22-10-19-21-14(22)25-9-13(23)20-12-5-3-11(4-6-12)15(16,17)18/h3-6,10H,2,7-9H2,1H3,(H,20,23). The lowest BCUT2D eigenvalue weighted by molar-refractivity contribution is -0.137. The molecule has 1 aromatic carbocycles. The first kappa shape index (κ1) is 19.3. The molecule has 136 valence electrons. The lowest BCUT2D eigenvalue weighted by Gasteiger charge is -2.09. The molecule has 0 spiro atoms. The number of carbonyl (C=O) groups excluding carboxylic acids is 1. The molecule has 0 saturated heterocycles. The third kappa shape index (κ3) is 6.05. The van der Waals surface area contributed by atoms with E-state index in [4.69, 9.17) is 4.74 Å². The average Bonchev–Trinajstić information content (AvgIpc) is 3.00. The van der Waals surface area contributed by atoms with E-state index in [0.717, 1.165) is 18.6 Å². The number of alkyl halides is 3. The van der Waals surface area contributed by atoms with Crippen molar-refractivity contribution in [3.8, 4) is 0 Å². The van der Waals surface area contributed by atoms with Crippen LogP contribution in [-0.4, -0.2) is 40.1 Å². The molecule has 0 aliphatic rings. The second-order valence-electron chi connectivity index (χ2n) is 5.07. The minimum Gasteiger partial charge on any atom is -0.385 e. The highest BCUT2D eigenvalue weighted by molar-refractivity contribution is 7.99. The van der Waals surface area contributed by atoms with Crippen LogP contribution in [0.4, 0.5) is 18.9 Å². The second kappa shape index (κ2) is 8.86. The molecule has 0 bridgehead atoms. The Morgan fingerprint density at radius 3 is 2.68 bits per heavy atom. The van der Waals surface area contributed by atoms with E-state index in [1.54, 1.807) is 13.4 Å². The molecule has 2 aromatic rings. The highest BCUT2D eigenvalue weighted by Gasteiger charge is 2.29. The van der Waals surface area contributed by atoms with Crippen molar-refractivity contribution >= 4 is 23.4 Å². The van der Waals surface area contributed by atoms with Crippen LogP contribution in [-0.2, 0) is 22.3 Å². The fourth-order valence-corrected chi connectivity index (χ4v) is 2.70. The molecule has 0 atom stereocenters. The Labute approximate surface area is 146 Å². The summed E-state index contributed by atoms with van der Waals surface area (Å²) in [6.45, 7) is 1.28. The lowest BCUT2D eigenvalue weighted by atomic mass is 10.2. The van der Waals surface area contributed by atoms with Crippen molar-refractivity contribution in [2.24, 2.45) is 0 Å². The number of aromatic nitrogens is 3. The smallest absolute Gasteiger partial charge is 0.385 e. The van der Waals surface area contributed by atoms with Gasteiger partial charge in [0.25, 0.3) is 0 Å². The summed E-state index contributed by atoms with van der Waals surface area (Å²) in [5.41, 5.74) is -0.454. The number of hydrogen-bond donors (Lipinski definition) is 1. The largest absolute Gasteiger partial charge is 0.416 e. The minimum atomic E-state index is -4.40. The average molecular weight is 374 g/mol. The Morgan fingerprint density at radius 1 is 1.32 bits per heavy atom. The van der Waals surface area contributed by atoms with Gasteiger partial charge in [-0.05, 0) is 30.7 Å². The van der Waals surface area contributed by atoms with Gasteiger partial charge in [0.15, 0.2) is 5.16 Å². The number of nitrogens with one attached hydrogen (secondary N) is 1. The molecule has 0 aliphatic carbocycles. The topological polar surface area (TPSA) is 69.0 Å². The number of anilines is 1. The number of rotatable bonds is 8. The molecule has 1 aromatic heterocycles. The number of thioether (sulfide) groups is 1. The molecule has 0 radical (unpaired) electrons. The van der Waals surface area contributed by atoms with Gasteiger partial charge >= 0.3 is 6.18 Å². The van der Waals surface area contributed by atoms with E-state index in [1.807, 2.05) is 4.57 Å². The number of nitrogens with zero attached hydrogens (tertiary/aromatic N) is 3. The summed E-state index contributed by atoms with van der Waals surface area (Å²) in [5.74, 6) is -0.263. The fourth-order valence-electron chi connectivity index (χ4n) is 1.96. The Balaban J connectivity index is 1.84. The van der Waals surface area contributed by atoms with Crippen molar-refractivity contribution < 1.29 is 22.7 Å². The molecule has 0 aliphatic heterocycles. The molecular weight excluding hydrogens is 357 g/mol. The highest BCUT2D eigenvalue weighted by Crippen LogP contribution is 2.29. The Morgan fingerprint density at radius 2 is 2.04 bits per heavy atom. The number of carbonyl (C=O) groups is 1. The van der Waals surface area contributed by atoms with Crippen LogP contribution < -0.4 is 5.32 Å². The van der Waals surface area contributed by atoms with Gasteiger partial charge in [0.05, 0.1) is 11.3 Å². The predicted molar refractivity (Wildman–Crippen MR) is 87.3 cm³/mol. The number of aryl methyl sites for hydroxylation is 1. The van der Waals surface area contributed by atoms with Crippen molar-refractivity contribution in [2.75, 3.05) is 24.8 Å². The van der Waals surface area contributed by atoms with Crippen LogP contribution in [0.1, 0.15) is 12.0 Å². The van der Waals surface area contributed by atoms with Gasteiger partial charge in [0.1, 0.15) is 6.33 Å². The predicted octanol–water partition coefficient (Wildman–Crippen LogP) is 3.06. The van der Waals surface area contributed by atoms with Crippen molar-refractivity contribution in [1.82, 2.24) is 14.8 Å². The molecular formula is C15H17F3N4O2S. The van der Waals surface area contributed by atoms with Crippen molar-refractivity contribution in [3.63, 3.8) is 0 Å². The van der Waals surface area contributed by atoms with Crippen LogP contribution in [0, 0.1) is 0 Å². The summed E-state index contributed by atoms with van der Waals surface area (Å²) in [4.78, 5) is 11.9. The van der Waals surface area contributed by atoms with Crippen molar-refractivity contribution in [3.05, 3.63) is 36.2 Å². The number of hydrogen-bond acceptors (Lipinski definition) is 5. The summed E-state index contributed by atoms with van der Waals surface area (Å²) in [6, 6.07) is 4.29. The maximum absolute atomic E-state index is 12.5. The summed E-state index contributed by atoms with van der Waals surface area (Å²) in [5, 5.41) is 10.9. The zero-order valence-corrected chi connectivity index (χ0v) is 14.2. The van der Waals surface area contributed by atoms with Crippen molar-refractivity contribution in [2.45, 2.75) is 24.3 Å². The van der Waals surface area contributed by atoms with Crippen LogP contribution in [0.15, 0.2) is 35.7 Å². The van der Waals surface area contributed by atoms with E-state index in [0.29, 0.717) is 24.0 Å². The Bertz CT molecular complexity index is 689. The number of benzene rings is 1. The maximum atomic E-state index is 12.5. The number of halogens is 3. The van der Waals surface area contributed by atoms with E-state index < -0.39 is 11.7 Å². The molecule has 1 amide bonds. The number of methoxy groups -OCH3 is 1. The number of amides is 1. The zero-order chi connectivity index (χ0) is 18.3. The summed E-state index contributed by atoms with van der Waals surface area (Å²) in [6.07, 6.45) is -2.03.